The van der Waals surface area contributed by atoms with E-state index in [4.69, 9.17) is 32.7 Å². The van der Waals surface area contributed by atoms with Crippen LogP contribution in [0.25, 0.3) is 0 Å². The van der Waals surface area contributed by atoms with Crippen molar-refractivity contribution in [3.8, 4) is 17.6 Å². The maximum absolute atomic E-state index is 12.7. The lowest BCUT2D eigenvalue weighted by molar-refractivity contribution is -0.149. The van der Waals surface area contributed by atoms with Crippen LogP contribution in [0, 0.1) is 42.4 Å². The van der Waals surface area contributed by atoms with Gasteiger partial charge in [0.1, 0.15) is 22.1 Å². The van der Waals surface area contributed by atoms with Crippen LogP contribution in [-0.2, 0) is 9.53 Å². The molecule has 0 bridgehead atoms. The molecule has 0 spiro atoms. The molecule has 30 heavy (non-hydrogen) atoms. The van der Waals surface area contributed by atoms with Crippen molar-refractivity contribution in [2.45, 2.75) is 33.8 Å². The summed E-state index contributed by atoms with van der Waals surface area (Å²) in [7, 11) is 0. The van der Waals surface area contributed by atoms with Crippen molar-refractivity contribution in [3.63, 3.8) is 0 Å². The third-order valence-corrected chi connectivity index (χ3v) is 5.95. The summed E-state index contributed by atoms with van der Waals surface area (Å²) in [4.78, 5) is 12.7. The molecule has 3 unspecified atom stereocenters. The van der Waals surface area contributed by atoms with E-state index in [0.717, 1.165) is 5.56 Å². The highest BCUT2D eigenvalue weighted by molar-refractivity contribution is 6.55. The molecule has 0 amide bonds. The van der Waals surface area contributed by atoms with Gasteiger partial charge in [-0.3, -0.25) is 4.79 Å². The van der Waals surface area contributed by atoms with Gasteiger partial charge in [0, 0.05) is 5.56 Å². The third kappa shape index (κ3) is 4.80. The molecule has 3 atom stereocenters. The molecule has 2 aromatic rings. The standard InChI is InChI=1S/C24H23Cl2NO3/c1-14-8-9-18(10-15(14)2)29-17-7-5-6-16(11-17)20(13-27)30-23(28)22-19(12-21(25)26)24(22,3)4/h5-12,19-20,22H,1-4H3. The van der Waals surface area contributed by atoms with E-state index >= 15 is 0 Å². The highest BCUT2D eigenvalue weighted by atomic mass is 35.5. The van der Waals surface area contributed by atoms with Gasteiger partial charge < -0.3 is 9.47 Å². The number of hydrogen-bond donors (Lipinski definition) is 0. The zero-order valence-electron chi connectivity index (χ0n) is 17.3. The van der Waals surface area contributed by atoms with Crippen molar-refractivity contribution in [1.82, 2.24) is 0 Å². The molecule has 1 saturated carbocycles. The van der Waals surface area contributed by atoms with Crippen LogP contribution in [0.2, 0.25) is 0 Å². The number of nitrogens with zero attached hydrogens (tertiary/aromatic N) is 1. The molecule has 156 valence electrons. The number of hydrogen-bond acceptors (Lipinski definition) is 4. The van der Waals surface area contributed by atoms with Crippen molar-refractivity contribution >= 4 is 29.2 Å². The first-order valence-electron chi connectivity index (χ1n) is 9.61. The Bertz CT molecular complexity index is 1030. The van der Waals surface area contributed by atoms with Gasteiger partial charge in [-0.2, -0.15) is 5.26 Å². The molecule has 0 saturated heterocycles. The number of carbonyl (C=O) groups excluding carboxylic acids is 1. The number of allylic oxidation sites excluding steroid dienone is 1. The number of rotatable bonds is 6. The average Bonchev–Trinajstić information content (AvgIpc) is 3.22. The monoisotopic (exact) mass is 443 g/mol. The fourth-order valence-electron chi connectivity index (χ4n) is 3.59. The van der Waals surface area contributed by atoms with Crippen LogP contribution in [0.5, 0.6) is 11.5 Å². The second-order valence-electron chi connectivity index (χ2n) is 8.15. The van der Waals surface area contributed by atoms with Gasteiger partial charge in [0.25, 0.3) is 0 Å². The predicted octanol–water partition coefficient (Wildman–Crippen LogP) is 6.79. The van der Waals surface area contributed by atoms with E-state index in [1.807, 2.05) is 45.9 Å². The molecule has 0 aromatic heterocycles. The number of halogens is 2. The molecule has 2 aromatic carbocycles. The van der Waals surface area contributed by atoms with Gasteiger partial charge in [0.15, 0.2) is 0 Å². The molecule has 1 aliphatic carbocycles. The Hall–Kier alpha value is -2.48. The fourth-order valence-corrected chi connectivity index (χ4v) is 3.86. The Kier molecular flexibility index (Phi) is 6.45. The Morgan fingerprint density at radius 2 is 1.83 bits per heavy atom. The lowest BCUT2D eigenvalue weighted by Gasteiger charge is -2.14. The Labute approximate surface area is 187 Å². The number of nitriles is 1. The topological polar surface area (TPSA) is 59.3 Å². The highest BCUT2D eigenvalue weighted by Gasteiger charge is 2.62. The normalized spacial score (nSPS) is 19.9. The van der Waals surface area contributed by atoms with Gasteiger partial charge in [0.05, 0.1) is 5.92 Å². The van der Waals surface area contributed by atoms with Crippen LogP contribution in [0.15, 0.2) is 53.0 Å². The first-order chi connectivity index (χ1) is 14.1. The maximum atomic E-state index is 12.7. The van der Waals surface area contributed by atoms with E-state index in [1.165, 1.54) is 5.56 Å². The molecule has 6 heteroatoms. The Morgan fingerprint density at radius 3 is 2.47 bits per heavy atom. The van der Waals surface area contributed by atoms with Crippen molar-refractivity contribution in [2.24, 2.45) is 17.3 Å². The second-order valence-corrected chi connectivity index (χ2v) is 9.16. The van der Waals surface area contributed by atoms with Crippen molar-refractivity contribution in [3.05, 3.63) is 69.7 Å². The van der Waals surface area contributed by atoms with Gasteiger partial charge in [-0.1, -0.05) is 55.2 Å². The minimum absolute atomic E-state index is 0.117. The van der Waals surface area contributed by atoms with Crippen LogP contribution in [0.3, 0.4) is 0 Å². The first kappa shape index (κ1) is 22.2. The van der Waals surface area contributed by atoms with E-state index in [0.29, 0.717) is 17.1 Å². The summed E-state index contributed by atoms with van der Waals surface area (Å²) in [6.07, 6.45) is 0.613. The Morgan fingerprint density at radius 1 is 1.13 bits per heavy atom. The number of ether oxygens (including phenoxy) is 2. The molecule has 3 rings (SSSR count). The third-order valence-electron chi connectivity index (χ3n) is 5.70. The first-order valence-corrected chi connectivity index (χ1v) is 10.4. The second kappa shape index (κ2) is 8.71. The van der Waals surface area contributed by atoms with Crippen LogP contribution >= 0.6 is 23.2 Å². The summed E-state index contributed by atoms with van der Waals surface area (Å²) in [6, 6.07) is 14.9. The number of aryl methyl sites for hydroxylation is 2. The van der Waals surface area contributed by atoms with Gasteiger partial charge in [-0.25, -0.2) is 0 Å². The molecule has 0 heterocycles. The van der Waals surface area contributed by atoms with Gasteiger partial charge >= 0.3 is 5.97 Å². The van der Waals surface area contributed by atoms with Crippen molar-refractivity contribution < 1.29 is 14.3 Å². The number of carbonyl (C=O) groups is 1. The van der Waals surface area contributed by atoms with E-state index in [-0.39, 0.29) is 15.8 Å². The van der Waals surface area contributed by atoms with Gasteiger partial charge in [-0.05, 0) is 66.6 Å². The summed E-state index contributed by atoms with van der Waals surface area (Å²) >= 11 is 11.5. The van der Waals surface area contributed by atoms with Crippen molar-refractivity contribution in [1.29, 1.82) is 5.26 Å². The van der Waals surface area contributed by atoms with E-state index in [1.54, 1.807) is 30.3 Å². The largest absolute Gasteiger partial charge is 0.457 e. The molecule has 1 aliphatic rings. The van der Waals surface area contributed by atoms with Crippen LogP contribution in [0.1, 0.15) is 36.6 Å². The summed E-state index contributed by atoms with van der Waals surface area (Å²) in [5.41, 5.74) is 2.54. The quantitative estimate of drug-likeness (QED) is 0.460. The van der Waals surface area contributed by atoms with Gasteiger partial charge in [-0.15, -0.1) is 0 Å². The van der Waals surface area contributed by atoms with E-state index in [9.17, 15) is 10.1 Å². The van der Waals surface area contributed by atoms with Gasteiger partial charge in [0.2, 0.25) is 6.10 Å². The molecular weight excluding hydrogens is 421 g/mol. The molecule has 0 N–H and O–H groups in total. The maximum Gasteiger partial charge on any atom is 0.311 e. The van der Waals surface area contributed by atoms with Crippen molar-refractivity contribution in [2.75, 3.05) is 0 Å². The zero-order valence-corrected chi connectivity index (χ0v) is 18.8. The summed E-state index contributed by atoms with van der Waals surface area (Å²) in [5.74, 6) is 0.314. The molecule has 0 radical (unpaired) electrons. The average molecular weight is 444 g/mol. The van der Waals surface area contributed by atoms with E-state index < -0.39 is 18.0 Å². The lowest BCUT2D eigenvalue weighted by Crippen LogP contribution is -2.14. The van der Waals surface area contributed by atoms with E-state index in [2.05, 4.69) is 6.07 Å². The smallest absolute Gasteiger partial charge is 0.311 e. The minimum atomic E-state index is -1.03. The minimum Gasteiger partial charge on any atom is -0.457 e. The van der Waals surface area contributed by atoms with Crippen LogP contribution in [0.4, 0.5) is 0 Å². The zero-order chi connectivity index (χ0) is 22.1. The summed E-state index contributed by atoms with van der Waals surface area (Å²) < 4.78 is 11.6. The summed E-state index contributed by atoms with van der Waals surface area (Å²) in [5, 5.41) is 9.60. The van der Waals surface area contributed by atoms with Crippen LogP contribution in [-0.4, -0.2) is 5.97 Å². The highest BCUT2D eigenvalue weighted by Crippen LogP contribution is 2.60. The van der Waals surface area contributed by atoms with Crippen LogP contribution < -0.4 is 4.74 Å². The SMILES string of the molecule is Cc1ccc(Oc2cccc(C(C#N)OC(=O)C3C(C=C(Cl)Cl)C3(C)C)c2)cc1C. The number of benzene rings is 2. The summed E-state index contributed by atoms with van der Waals surface area (Å²) in [6.45, 7) is 7.93. The molecule has 1 fully saturated rings. The number of esters is 1. The lowest BCUT2D eigenvalue weighted by atomic mass is 10.1. The fraction of sp³-hybridized carbons (Fsp3) is 0.333. The Balaban J connectivity index is 1.74. The molecule has 0 aliphatic heterocycles. The molecule has 4 nitrogen and oxygen atoms in total. The predicted molar refractivity (Wildman–Crippen MR) is 117 cm³/mol. The molecular formula is C24H23Cl2NO3.